The van der Waals surface area contributed by atoms with Gasteiger partial charge in [0.05, 0.1) is 16.8 Å². The van der Waals surface area contributed by atoms with Crippen LogP contribution < -0.4 is 10.9 Å². The van der Waals surface area contributed by atoms with Gasteiger partial charge in [-0.1, -0.05) is 0 Å². The third-order valence-corrected chi connectivity index (χ3v) is 4.19. The number of hydrogen-bond acceptors (Lipinski definition) is 4. The molecule has 0 saturated heterocycles. The fourth-order valence-electron chi connectivity index (χ4n) is 2.17. The molecule has 2 aromatic heterocycles. The number of aromatic nitrogens is 2. The first-order valence-corrected chi connectivity index (χ1v) is 7.79. The van der Waals surface area contributed by atoms with Crippen LogP contribution in [0.15, 0.2) is 35.3 Å². The summed E-state index contributed by atoms with van der Waals surface area (Å²) in [7, 11) is 0. The standard InChI is InChI=1S/C16H10F3N3O2S/c1-7-14(13-10(18)4-9(17)5-11(13)19)21-16(25-7)22-15(24)8-2-3-12(23)20-6-8/h2-6H,1H3,(H,20,23)(H,21,22,24). The van der Waals surface area contributed by atoms with Gasteiger partial charge in [0, 0.05) is 29.3 Å². The fraction of sp³-hybridized carbons (Fsp3) is 0.0625. The van der Waals surface area contributed by atoms with Crippen molar-refractivity contribution in [2.24, 2.45) is 0 Å². The van der Waals surface area contributed by atoms with Gasteiger partial charge in [0.2, 0.25) is 5.56 Å². The highest BCUT2D eigenvalue weighted by Crippen LogP contribution is 2.34. The van der Waals surface area contributed by atoms with Crippen molar-refractivity contribution >= 4 is 22.4 Å². The van der Waals surface area contributed by atoms with Crippen molar-refractivity contribution in [2.75, 3.05) is 5.32 Å². The highest BCUT2D eigenvalue weighted by molar-refractivity contribution is 7.16. The first kappa shape index (κ1) is 16.9. The van der Waals surface area contributed by atoms with E-state index in [0.29, 0.717) is 17.0 Å². The monoisotopic (exact) mass is 365 g/mol. The molecule has 0 unspecified atom stereocenters. The van der Waals surface area contributed by atoms with E-state index in [4.69, 9.17) is 0 Å². The molecular weight excluding hydrogens is 355 g/mol. The van der Waals surface area contributed by atoms with E-state index in [9.17, 15) is 22.8 Å². The van der Waals surface area contributed by atoms with E-state index in [2.05, 4.69) is 15.3 Å². The van der Waals surface area contributed by atoms with E-state index in [0.717, 1.165) is 11.3 Å². The predicted octanol–water partition coefficient (Wildman–Crippen LogP) is 3.48. The molecule has 5 nitrogen and oxygen atoms in total. The lowest BCUT2D eigenvalue weighted by Crippen LogP contribution is -2.14. The van der Waals surface area contributed by atoms with Crippen LogP contribution in [0.5, 0.6) is 0 Å². The van der Waals surface area contributed by atoms with Crippen LogP contribution in [-0.4, -0.2) is 15.9 Å². The smallest absolute Gasteiger partial charge is 0.258 e. The Labute approximate surface area is 143 Å². The lowest BCUT2D eigenvalue weighted by Gasteiger charge is -2.03. The zero-order valence-electron chi connectivity index (χ0n) is 12.7. The number of pyridine rings is 1. The Hall–Kier alpha value is -2.94. The number of carbonyl (C=O) groups is 1. The van der Waals surface area contributed by atoms with Gasteiger partial charge in [0.25, 0.3) is 5.91 Å². The summed E-state index contributed by atoms with van der Waals surface area (Å²) in [5.41, 5.74) is -0.643. The Kier molecular flexibility index (Phi) is 4.41. The minimum Gasteiger partial charge on any atom is -0.328 e. The third kappa shape index (κ3) is 3.45. The number of anilines is 1. The number of rotatable bonds is 3. The molecule has 2 heterocycles. The topological polar surface area (TPSA) is 74.8 Å². The van der Waals surface area contributed by atoms with Crippen LogP contribution in [0.4, 0.5) is 18.3 Å². The van der Waals surface area contributed by atoms with Gasteiger partial charge in [-0.3, -0.25) is 14.9 Å². The number of nitrogens with zero attached hydrogens (tertiary/aromatic N) is 1. The highest BCUT2D eigenvalue weighted by atomic mass is 32.1. The molecular formula is C16H10F3N3O2S. The van der Waals surface area contributed by atoms with Crippen molar-refractivity contribution in [3.05, 3.63) is 68.7 Å². The second kappa shape index (κ2) is 6.52. The maximum Gasteiger partial charge on any atom is 0.258 e. The molecule has 3 rings (SSSR count). The normalized spacial score (nSPS) is 10.7. The predicted molar refractivity (Wildman–Crippen MR) is 87.2 cm³/mol. The second-order valence-electron chi connectivity index (χ2n) is 5.06. The Morgan fingerprint density at radius 3 is 2.48 bits per heavy atom. The average molecular weight is 365 g/mol. The molecule has 9 heteroatoms. The van der Waals surface area contributed by atoms with Gasteiger partial charge < -0.3 is 4.98 Å². The summed E-state index contributed by atoms with van der Waals surface area (Å²) in [6.07, 6.45) is 1.23. The zero-order valence-corrected chi connectivity index (χ0v) is 13.5. The Balaban J connectivity index is 1.92. The van der Waals surface area contributed by atoms with Crippen LogP contribution in [0.25, 0.3) is 11.3 Å². The van der Waals surface area contributed by atoms with Crippen molar-refractivity contribution < 1.29 is 18.0 Å². The second-order valence-corrected chi connectivity index (χ2v) is 6.27. The highest BCUT2D eigenvalue weighted by Gasteiger charge is 2.20. The first-order valence-electron chi connectivity index (χ1n) is 6.97. The molecule has 128 valence electrons. The number of hydrogen-bond donors (Lipinski definition) is 2. The summed E-state index contributed by atoms with van der Waals surface area (Å²) in [6.45, 7) is 1.57. The number of thiazole rings is 1. The quantitative estimate of drug-likeness (QED) is 0.746. The fourth-order valence-corrected chi connectivity index (χ4v) is 2.99. The number of benzene rings is 1. The summed E-state index contributed by atoms with van der Waals surface area (Å²) in [4.78, 5) is 29.9. The van der Waals surface area contributed by atoms with Gasteiger partial charge in [0.15, 0.2) is 5.13 Å². The maximum absolute atomic E-state index is 13.9. The molecule has 0 spiro atoms. The Morgan fingerprint density at radius 2 is 1.88 bits per heavy atom. The SMILES string of the molecule is Cc1sc(NC(=O)c2ccc(=O)[nH]c2)nc1-c1c(F)cc(F)cc1F. The molecule has 1 amide bonds. The Morgan fingerprint density at radius 1 is 1.20 bits per heavy atom. The summed E-state index contributed by atoms with van der Waals surface area (Å²) in [5, 5.41) is 2.60. The number of aromatic amines is 1. The van der Waals surface area contributed by atoms with E-state index >= 15 is 0 Å². The molecule has 1 aromatic carbocycles. The molecule has 0 fully saturated rings. The minimum absolute atomic E-state index is 0.0169. The van der Waals surface area contributed by atoms with Gasteiger partial charge in [0.1, 0.15) is 17.5 Å². The van der Waals surface area contributed by atoms with Gasteiger partial charge in [-0.05, 0) is 13.0 Å². The number of amides is 1. The number of aryl methyl sites for hydroxylation is 1. The van der Waals surface area contributed by atoms with E-state index in [-0.39, 0.29) is 21.9 Å². The number of H-pyrrole nitrogens is 1. The van der Waals surface area contributed by atoms with Crippen molar-refractivity contribution in [2.45, 2.75) is 6.92 Å². The molecule has 3 aromatic rings. The molecule has 0 aliphatic rings. The first-order chi connectivity index (χ1) is 11.8. The zero-order chi connectivity index (χ0) is 18.1. The van der Waals surface area contributed by atoms with Gasteiger partial charge in [-0.2, -0.15) is 0 Å². The molecule has 2 N–H and O–H groups in total. The van der Waals surface area contributed by atoms with Crippen molar-refractivity contribution in [1.82, 2.24) is 9.97 Å². The number of nitrogens with one attached hydrogen (secondary N) is 2. The van der Waals surface area contributed by atoms with Crippen LogP contribution in [0.2, 0.25) is 0 Å². The van der Waals surface area contributed by atoms with E-state index < -0.39 is 28.9 Å². The minimum atomic E-state index is -1.08. The number of carbonyl (C=O) groups excluding carboxylic acids is 1. The lowest BCUT2D eigenvalue weighted by molar-refractivity contribution is 0.102. The average Bonchev–Trinajstić information content (AvgIpc) is 2.87. The van der Waals surface area contributed by atoms with Crippen LogP contribution in [0.3, 0.4) is 0 Å². The molecule has 0 saturated carbocycles. The van der Waals surface area contributed by atoms with Crippen LogP contribution in [0.1, 0.15) is 15.2 Å². The Bertz CT molecular complexity index is 986. The summed E-state index contributed by atoms with van der Waals surface area (Å²) < 4.78 is 40.9. The van der Waals surface area contributed by atoms with Crippen molar-refractivity contribution in [1.29, 1.82) is 0 Å². The van der Waals surface area contributed by atoms with E-state index in [1.54, 1.807) is 6.92 Å². The third-order valence-electron chi connectivity index (χ3n) is 3.31. The summed E-state index contributed by atoms with van der Waals surface area (Å²) in [5.74, 6) is -3.73. The largest absolute Gasteiger partial charge is 0.328 e. The lowest BCUT2D eigenvalue weighted by atomic mass is 10.1. The van der Waals surface area contributed by atoms with Gasteiger partial charge >= 0.3 is 0 Å². The van der Waals surface area contributed by atoms with Crippen molar-refractivity contribution in [3.8, 4) is 11.3 Å². The maximum atomic E-state index is 13.9. The molecule has 0 bridgehead atoms. The van der Waals surface area contributed by atoms with Crippen LogP contribution >= 0.6 is 11.3 Å². The molecule has 0 radical (unpaired) electrons. The molecule has 25 heavy (non-hydrogen) atoms. The van der Waals surface area contributed by atoms with Crippen LogP contribution in [-0.2, 0) is 0 Å². The molecule has 0 aliphatic heterocycles. The summed E-state index contributed by atoms with van der Waals surface area (Å²) >= 11 is 1.01. The van der Waals surface area contributed by atoms with Crippen molar-refractivity contribution in [3.63, 3.8) is 0 Å². The van der Waals surface area contributed by atoms with E-state index in [1.807, 2.05) is 0 Å². The molecule has 0 atom stereocenters. The van der Waals surface area contributed by atoms with E-state index in [1.165, 1.54) is 18.3 Å². The summed E-state index contributed by atoms with van der Waals surface area (Å²) in [6, 6.07) is 3.65. The van der Waals surface area contributed by atoms with Gasteiger partial charge in [-0.15, -0.1) is 11.3 Å². The molecule has 0 aliphatic carbocycles. The van der Waals surface area contributed by atoms with Crippen LogP contribution in [0, 0.1) is 24.4 Å². The number of halogens is 3. The van der Waals surface area contributed by atoms with Gasteiger partial charge in [-0.25, -0.2) is 18.2 Å².